The van der Waals surface area contributed by atoms with Gasteiger partial charge in [0.2, 0.25) is 5.91 Å². The Morgan fingerprint density at radius 2 is 1.86 bits per heavy atom. The summed E-state index contributed by atoms with van der Waals surface area (Å²) in [7, 11) is -3.46. The van der Waals surface area contributed by atoms with Gasteiger partial charge in [0, 0.05) is 28.3 Å². The summed E-state index contributed by atoms with van der Waals surface area (Å²) in [6.45, 7) is 0. The molecule has 1 N–H and O–H groups in total. The molecule has 0 unspecified atom stereocenters. The average molecular weight is 438 g/mol. The molecule has 0 radical (unpaired) electrons. The van der Waals surface area contributed by atoms with Gasteiger partial charge in [-0.1, -0.05) is 28.8 Å². The number of hydrogen-bond acceptors (Lipinski definition) is 7. The zero-order valence-corrected chi connectivity index (χ0v) is 17.1. The first-order valence-electron chi connectivity index (χ1n) is 8.14. The maximum absolute atomic E-state index is 12.1. The van der Waals surface area contributed by atoms with Crippen molar-refractivity contribution < 1.29 is 17.6 Å². The predicted octanol–water partition coefficient (Wildman–Crippen LogP) is 3.91. The fourth-order valence-electron chi connectivity index (χ4n) is 2.32. The van der Waals surface area contributed by atoms with Crippen LogP contribution in [0.15, 0.2) is 62.7 Å². The SMILES string of the molecule is CS(=O)(=O)c1ccccc1-c1nnc(NC(=O)CCSc2ccc(Cl)cc2)o1. The van der Waals surface area contributed by atoms with Crippen LogP contribution >= 0.6 is 23.4 Å². The molecule has 0 saturated carbocycles. The number of amides is 1. The zero-order valence-electron chi connectivity index (χ0n) is 14.8. The van der Waals surface area contributed by atoms with E-state index in [1.807, 2.05) is 12.1 Å². The molecule has 0 aliphatic heterocycles. The third-order valence-corrected chi connectivity index (χ3v) is 6.02. The highest BCUT2D eigenvalue weighted by Crippen LogP contribution is 2.27. The van der Waals surface area contributed by atoms with E-state index >= 15 is 0 Å². The van der Waals surface area contributed by atoms with Crippen LogP contribution in [0.4, 0.5) is 6.01 Å². The molecule has 0 saturated heterocycles. The van der Waals surface area contributed by atoms with Gasteiger partial charge in [-0.3, -0.25) is 10.1 Å². The van der Waals surface area contributed by atoms with E-state index in [1.54, 1.807) is 30.3 Å². The highest BCUT2D eigenvalue weighted by molar-refractivity contribution is 7.99. The fraction of sp³-hybridized carbons (Fsp3) is 0.167. The van der Waals surface area contributed by atoms with Crippen LogP contribution in [0.3, 0.4) is 0 Å². The minimum absolute atomic E-state index is 0.0202. The van der Waals surface area contributed by atoms with E-state index in [2.05, 4.69) is 15.5 Å². The Kier molecular flexibility index (Phi) is 6.38. The fourth-order valence-corrected chi connectivity index (χ4v) is 4.18. The number of thioether (sulfide) groups is 1. The number of hydrogen-bond donors (Lipinski definition) is 1. The molecule has 0 spiro atoms. The summed E-state index contributed by atoms with van der Waals surface area (Å²) in [5, 5.41) is 10.8. The second kappa shape index (κ2) is 8.76. The van der Waals surface area contributed by atoms with Crippen LogP contribution in [-0.2, 0) is 14.6 Å². The summed E-state index contributed by atoms with van der Waals surface area (Å²) in [6.07, 6.45) is 1.34. The third kappa shape index (κ3) is 5.34. The Bertz CT molecular complexity index is 1080. The first kappa shape index (κ1) is 20.4. The van der Waals surface area contributed by atoms with E-state index in [0.29, 0.717) is 10.8 Å². The quantitative estimate of drug-likeness (QED) is 0.559. The summed E-state index contributed by atoms with van der Waals surface area (Å²) in [4.78, 5) is 13.1. The average Bonchev–Trinajstić information content (AvgIpc) is 3.11. The monoisotopic (exact) mass is 437 g/mol. The van der Waals surface area contributed by atoms with E-state index in [0.717, 1.165) is 11.2 Å². The van der Waals surface area contributed by atoms with Crippen molar-refractivity contribution in [3.05, 3.63) is 53.6 Å². The van der Waals surface area contributed by atoms with Gasteiger partial charge in [-0.25, -0.2) is 8.42 Å². The standard InChI is InChI=1S/C18H16ClN3O4S2/c1-28(24,25)15-5-3-2-4-14(15)17-21-22-18(26-17)20-16(23)10-11-27-13-8-6-12(19)7-9-13/h2-9H,10-11H2,1H3,(H,20,22,23). The number of rotatable bonds is 7. The molecule has 3 aromatic rings. The maximum Gasteiger partial charge on any atom is 0.322 e. The van der Waals surface area contributed by atoms with Crippen LogP contribution in [0.1, 0.15) is 6.42 Å². The first-order valence-corrected chi connectivity index (χ1v) is 11.4. The topological polar surface area (TPSA) is 102 Å². The van der Waals surface area contributed by atoms with Gasteiger partial charge in [-0.05, 0) is 36.4 Å². The van der Waals surface area contributed by atoms with Gasteiger partial charge in [-0.15, -0.1) is 16.9 Å². The molecule has 0 aliphatic carbocycles. The summed E-state index contributed by atoms with van der Waals surface area (Å²) < 4.78 is 29.2. The smallest absolute Gasteiger partial charge is 0.322 e. The summed E-state index contributed by atoms with van der Waals surface area (Å²) in [6, 6.07) is 13.6. The second-order valence-electron chi connectivity index (χ2n) is 5.78. The minimum Gasteiger partial charge on any atom is -0.403 e. The van der Waals surface area contributed by atoms with Gasteiger partial charge in [0.25, 0.3) is 5.89 Å². The van der Waals surface area contributed by atoms with E-state index in [1.165, 1.54) is 17.8 Å². The number of halogens is 1. The van der Waals surface area contributed by atoms with Crippen molar-refractivity contribution >= 4 is 45.1 Å². The first-order chi connectivity index (χ1) is 13.3. The molecule has 7 nitrogen and oxygen atoms in total. The molecule has 1 heterocycles. The molecule has 1 amide bonds. The van der Waals surface area contributed by atoms with Crippen LogP contribution < -0.4 is 5.32 Å². The van der Waals surface area contributed by atoms with Crippen molar-refractivity contribution in [2.45, 2.75) is 16.2 Å². The molecule has 3 rings (SSSR count). The van der Waals surface area contributed by atoms with Gasteiger partial charge >= 0.3 is 6.01 Å². The number of aromatic nitrogens is 2. The van der Waals surface area contributed by atoms with Gasteiger partial charge in [0.15, 0.2) is 9.84 Å². The van der Waals surface area contributed by atoms with E-state index < -0.39 is 9.84 Å². The van der Waals surface area contributed by atoms with Gasteiger partial charge in [-0.2, -0.15) is 0 Å². The number of nitrogens with one attached hydrogen (secondary N) is 1. The Morgan fingerprint density at radius 3 is 2.57 bits per heavy atom. The second-order valence-corrected chi connectivity index (χ2v) is 9.37. The molecular weight excluding hydrogens is 422 g/mol. The molecule has 0 aliphatic rings. The molecule has 1 aromatic heterocycles. The lowest BCUT2D eigenvalue weighted by molar-refractivity contribution is -0.115. The number of nitrogens with zero attached hydrogens (tertiary/aromatic N) is 2. The van der Waals surface area contributed by atoms with Crippen LogP contribution in [-0.4, -0.2) is 36.5 Å². The number of carbonyl (C=O) groups is 1. The Morgan fingerprint density at radius 1 is 1.14 bits per heavy atom. The third-order valence-electron chi connectivity index (χ3n) is 3.60. The van der Waals surface area contributed by atoms with Gasteiger partial charge in [0.05, 0.1) is 10.5 Å². The zero-order chi connectivity index (χ0) is 20.1. The lowest BCUT2D eigenvalue weighted by Gasteiger charge is -2.03. The molecule has 0 atom stereocenters. The lowest BCUT2D eigenvalue weighted by Crippen LogP contribution is -2.12. The van der Waals surface area contributed by atoms with Crippen LogP contribution in [0, 0.1) is 0 Å². The number of sulfone groups is 1. The van der Waals surface area contributed by atoms with Crippen molar-refractivity contribution in [2.24, 2.45) is 0 Å². The number of carbonyl (C=O) groups excluding carboxylic acids is 1. The minimum atomic E-state index is -3.46. The van der Waals surface area contributed by atoms with Crippen molar-refractivity contribution in [2.75, 3.05) is 17.3 Å². The van der Waals surface area contributed by atoms with E-state index in [-0.39, 0.29) is 34.7 Å². The summed E-state index contributed by atoms with van der Waals surface area (Å²) >= 11 is 7.36. The molecule has 0 fully saturated rings. The Labute approximate surface area is 171 Å². The van der Waals surface area contributed by atoms with Gasteiger partial charge < -0.3 is 4.42 Å². The van der Waals surface area contributed by atoms with Crippen molar-refractivity contribution in [1.82, 2.24) is 10.2 Å². The van der Waals surface area contributed by atoms with Crippen molar-refractivity contribution in [1.29, 1.82) is 0 Å². The van der Waals surface area contributed by atoms with Gasteiger partial charge in [0.1, 0.15) is 0 Å². The van der Waals surface area contributed by atoms with E-state index in [9.17, 15) is 13.2 Å². The molecule has 2 aromatic carbocycles. The van der Waals surface area contributed by atoms with Crippen LogP contribution in [0.5, 0.6) is 0 Å². The van der Waals surface area contributed by atoms with Crippen LogP contribution in [0.2, 0.25) is 5.02 Å². The van der Waals surface area contributed by atoms with Crippen molar-refractivity contribution in [3.63, 3.8) is 0 Å². The molecule has 146 valence electrons. The molecule has 0 bridgehead atoms. The normalized spacial score (nSPS) is 11.4. The summed E-state index contributed by atoms with van der Waals surface area (Å²) in [5.74, 6) is 0.297. The molecule has 10 heteroatoms. The molecular formula is C18H16ClN3O4S2. The van der Waals surface area contributed by atoms with E-state index in [4.69, 9.17) is 16.0 Å². The summed E-state index contributed by atoms with van der Waals surface area (Å²) in [5.41, 5.74) is 0.288. The number of benzene rings is 2. The van der Waals surface area contributed by atoms with Crippen molar-refractivity contribution in [3.8, 4) is 11.5 Å². The predicted molar refractivity (Wildman–Crippen MR) is 108 cm³/mol. The number of anilines is 1. The highest BCUT2D eigenvalue weighted by atomic mass is 35.5. The molecule has 28 heavy (non-hydrogen) atoms. The largest absolute Gasteiger partial charge is 0.403 e. The maximum atomic E-state index is 12.1. The Hall–Kier alpha value is -2.36. The Balaban J connectivity index is 1.60. The van der Waals surface area contributed by atoms with Crippen LogP contribution in [0.25, 0.3) is 11.5 Å². The highest BCUT2D eigenvalue weighted by Gasteiger charge is 2.19. The lowest BCUT2D eigenvalue weighted by atomic mass is 10.2.